The Kier molecular flexibility index (Phi) is 12.5. The summed E-state index contributed by atoms with van der Waals surface area (Å²) < 4.78 is 0. The molecular weight excluding hydrogens is 186 g/mol. The summed E-state index contributed by atoms with van der Waals surface area (Å²) in [7, 11) is 1.89. The van der Waals surface area contributed by atoms with Gasteiger partial charge in [0.1, 0.15) is 0 Å². The van der Waals surface area contributed by atoms with Gasteiger partial charge in [-0.25, -0.2) is 0 Å². The number of carbonyl (C=O) groups is 1. The van der Waals surface area contributed by atoms with Crippen LogP contribution in [-0.2, 0) is 4.79 Å². The normalized spacial score (nSPS) is 20.2. The van der Waals surface area contributed by atoms with E-state index in [0.29, 0.717) is 5.91 Å². The first kappa shape index (κ1) is 16.6. The number of rotatable bonds is 0. The summed E-state index contributed by atoms with van der Waals surface area (Å²) in [6.45, 7) is 12.2. The molecule has 0 aromatic heterocycles. The van der Waals surface area contributed by atoms with Gasteiger partial charge in [-0.3, -0.25) is 4.79 Å². The van der Waals surface area contributed by atoms with Crippen LogP contribution >= 0.6 is 0 Å². The molecule has 0 radical (unpaired) electrons. The van der Waals surface area contributed by atoms with Crippen molar-refractivity contribution in [3.63, 3.8) is 0 Å². The number of amides is 1. The van der Waals surface area contributed by atoms with Gasteiger partial charge in [0.25, 0.3) is 0 Å². The first-order valence-electron chi connectivity index (χ1n) is 5.95. The number of hydrogen-bond donors (Lipinski definition) is 0. The Morgan fingerprint density at radius 1 is 1.40 bits per heavy atom. The van der Waals surface area contributed by atoms with Gasteiger partial charge in [0.05, 0.1) is 0 Å². The van der Waals surface area contributed by atoms with Crippen molar-refractivity contribution >= 4 is 5.91 Å². The molecule has 1 rings (SSSR count). The van der Waals surface area contributed by atoms with Gasteiger partial charge in [0.15, 0.2) is 0 Å². The van der Waals surface area contributed by atoms with Crippen LogP contribution in [0.5, 0.6) is 0 Å². The lowest BCUT2D eigenvalue weighted by molar-refractivity contribution is -0.133. The predicted molar refractivity (Wildman–Crippen MR) is 67.9 cm³/mol. The molecule has 1 aliphatic heterocycles. The standard InChI is InChI=1S/C8H15NO.C3H6.C2H6/c1-7-5-3-4-6-9(2)8(7)10;1-3-2;1-2/h7H,3-6H2,1-2H3;3H,1H2,2H3;1-2H3. The van der Waals surface area contributed by atoms with Crippen molar-refractivity contribution in [2.45, 2.75) is 47.0 Å². The fourth-order valence-corrected chi connectivity index (χ4v) is 1.41. The molecule has 1 heterocycles. The zero-order valence-corrected chi connectivity index (χ0v) is 11.0. The molecule has 0 N–H and O–H groups in total. The molecule has 2 nitrogen and oxygen atoms in total. The molecular formula is C13H27NO. The van der Waals surface area contributed by atoms with Crippen LogP contribution in [0.2, 0.25) is 0 Å². The van der Waals surface area contributed by atoms with E-state index in [1.165, 1.54) is 12.8 Å². The Morgan fingerprint density at radius 3 is 2.33 bits per heavy atom. The predicted octanol–water partition coefficient (Wildman–Crippen LogP) is 3.48. The van der Waals surface area contributed by atoms with Crippen molar-refractivity contribution < 1.29 is 4.79 Å². The number of carbonyl (C=O) groups excluding carboxylic acids is 1. The SMILES string of the molecule is C=CC.CC.CC1CCCCN(C)C1=O. The quantitative estimate of drug-likeness (QED) is 0.564. The highest BCUT2D eigenvalue weighted by molar-refractivity contribution is 5.78. The highest BCUT2D eigenvalue weighted by atomic mass is 16.2. The van der Waals surface area contributed by atoms with Gasteiger partial charge >= 0.3 is 0 Å². The van der Waals surface area contributed by atoms with Gasteiger partial charge in [-0.2, -0.15) is 0 Å². The first-order valence-corrected chi connectivity index (χ1v) is 5.95. The minimum Gasteiger partial charge on any atom is -0.346 e. The van der Waals surface area contributed by atoms with E-state index in [1.807, 2.05) is 39.6 Å². The van der Waals surface area contributed by atoms with E-state index in [2.05, 4.69) is 6.58 Å². The Labute approximate surface area is 95.4 Å². The second-order valence-electron chi connectivity index (χ2n) is 3.56. The Morgan fingerprint density at radius 2 is 1.87 bits per heavy atom. The van der Waals surface area contributed by atoms with Crippen LogP contribution in [0.4, 0.5) is 0 Å². The molecule has 1 unspecified atom stereocenters. The summed E-state index contributed by atoms with van der Waals surface area (Å²) in [5, 5.41) is 0. The summed E-state index contributed by atoms with van der Waals surface area (Å²) >= 11 is 0. The Hall–Kier alpha value is -0.790. The highest BCUT2D eigenvalue weighted by Crippen LogP contribution is 2.15. The summed E-state index contributed by atoms with van der Waals surface area (Å²) in [5.41, 5.74) is 0. The van der Waals surface area contributed by atoms with E-state index < -0.39 is 0 Å². The van der Waals surface area contributed by atoms with Crippen molar-refractivity contribution in [2.75, 3.05) is 13.6 Å². The molecule has 0 bridgehead atoms. The smallest absolute Gasteiger partial charge is 0.225 e. The largest absolute Gasteiger partial charge is 0.346 e. The lowest BCUT2D eigenvalue weighted by atomic mass is 10.1. The van der Waals surface area contributed by atoms with E-state index >= 15 is 0 Å². The minimum atomic E-state index is 0.257. The third kappa shape index (κ3) is 8.22. The zero-order chi connectivity index (χ0) is 12.3. The summed E-state index contributed by atoms with van der Waals surface area (Å²) in [6.07, 6.45) is 5.20. The maximum absolute atomic E-state index is 11.3. The summed E-state index contributed by atoms with van der Waals surface area (Å²) in [6, 6.07) is 0. The fraction of sp³-hybridized carbons (Fsp3) is 0.769. The molecule has 1 fully saturated rings. The van der Waals surface area contributed by atoms with Crippen LogP contribution in [0, 0.1) is 5.92 Å². The number of likely N-dealkylation sites (tertiary alicyclic amines) is 1. The second-order valence-corrected chi connectivity index (χ2v) is 3.56. The molecule has 0 saturated carbocycles. The molecule has 1 atom stereocenters. The van der Waals surface area contributed by atoms with E-state index in [0.717, 1.165) is 13.0 Å². The molecule has 1 aliphatic rings. The van der Waals surface area contributed by atoms with Gasteiger partial charge in [-0.15, -0.1) is 6.58 Å². The average molecular weight is 213 g/mol. The van der Waals surface area contributed by atoms with Gasteiger partial charge in [0, 0.05) is 19.5 Å². The summed E-state index contributed by atoms with van der Waals surface area (Å²) in [4.78, 5) is 13.1. The Balaban J connectivity index is 0. The minimum absolute atomic E-state index is 0.257. The van der Waals surface area contributed by atoms with Crippen molar-refractivity contribution in [2.24, 2.45) is 5.92 Å². The van der Waals surface area contributed by atoms with E-state index in [4.69, 9.17) is 0 Å². The Bertz CT molecular complexity index is 152. The highest BCUT2D eigenvalue weighted by Gasteiger charge is 2.19. The van der Waals surface area contributed by atoms with Crippen LogP contribution in [0.15, 0.2) is 12.7 Å². The van der Waals surface area contributed by atoms with Crippen molar-refractivity contribution in [3.8, 4) is 0 Å². The average Bonchev–Trinajstić information content (AvgIpc) is 2.38. The maximum atomic E-state index is 11.3. The van der Waals surface area contributed by atoms with Crippen LogP contribution in [0.1, 0.15) is 47.0 Å². The van der Waals surface area contributed by atoms with Gasteiger partial charge in [-0.05, 0) is 19.8 Å². The molecule has 0 aromatic rings. The molecule has 1 amide bonds. The van der Waals surface area contributed by atoms with Crippen molar-refractivity contribution in [3.05, 3.63) is 12.7 Å². The topological polar surface area (TPSA) is 20.3 Å². The fourth-order valence-electron chi connectivity index (χ4n) is 1.41. The van der Waals surface area contributed by atoms with Crippen LogP contribution in [-0.4, -0.2) is 24.4 Å². The third-order valence-electron chi connectivity index (χ3n) is 2.18. The first-order chi connectivity index (χ1) is 7.13. The molecule has 0 aromatic carbocycles. The van der Waals surface area contributed by atoms with Gasteiger partial charge in [0.2, 0.25) is 5.91 Å². The lowest BCUT2D eigenvalue weighted by Gasteiger charge is -2.16. The summed E-state index contributed by atoms with van der Waals surface area (Å²) in [5.74, 6) is 0.574. The molecule has 2 heteroatoms. The molecule has 90 valence electrons. The van der Waals surface area contributed by atoms with Gasteiger partial charge in [-0.1, -0.05) is 33.3 Å². The third-order valence-corrected chi connectivity index (χ3v) is 2.18. The molecule has 1 saturated heterocycles. The van der Waals surface area contributed by atoms with E-state index in [-0.39, 0.29) is 5.92 Å². The van der Waals surface area contributed by atoms with Crippen LogP contribution < -0.4 is 0 Å². The van der Waals surface area contributed by atoms with E-state index in [1.54, 1.807) is 6.08 Å². The van der Waals surface area contributed by atoms with Crippen LogP contribution in [0.25, 0.3) is 0 Å². The van der Waals surface area contributed by atoms with Crippen LogP contribution in [0.3, 0.4) is 0 Å². The molecule has 0 spiro atoms. The molecule has 15 heavy (non-hydrogen) atoms. The molecule has 0 aliphatic carbocycles. The maximum Gasteiger partial charge on any atom is 0.225 e. The van der Waals surface area contributed by atoms with Crippen molar-refractivity contribution in [1.29, 1.82) is 0 Å². The number of allylic oxidation sites excluding steroid dienone is 1. The number of hydrogen-bond acceptors (Lipinski definition) is 1. The lowest BCUT2D eigenvalue weighted by Crippen LogP contribution is -2.29. The van der Waals surface area contributed by atoms with Crippen molar-refractivity contribution in [1.82, 2.24) is 4.90 Å². The zero-order valence-electron chi connectivity index (χ0n) is 11.0. The van der Waals surface area contributed by atoms with E-state index in [9.17, 15) is 4.79 Å². The van der Waals surface area contributed by atoms with Gasteiger partial charge < -0.3 is 4.90 Å². The second kappa shape index (κ2) is 11.3. The monoisotopic (exact) mass is 213 g/mol. The number of nitrogens with zero attached hydrogens (tertiary/aromatic N) is 1.